The summed E-state index contributed by atoms with van der Waals surface area (Å²) in [7, 11) is 7.59. The minimum atomic E-state index is -0.616. The highest BCUT2D eigenvalue weighted by molar-refractivity contribution is 5.80. The van der Waals surface area contributed by atoms with Crippen LogP contribution in [0.25, 0.3) is 0 Å². The maximum Gasteiger partial charge on any atom is 0.325 e. The molecule has 0 spiro atoms. The zero-order valence-electron chi connectivity index (χ0n) is 13.9. The van der Waals surface area contributed by atoms with Crippen molar-refractivity contribution in [3.63, 3.8) is 0 Å². The summed E-state index contributed by atoms with van der Waals surface area (Å²) in [6, 6.07) is 0.331. The monoisotopic (exact) mass is 285 g/mol. The van der Waals surface area contributed by atoms with Crippen molar-refractivity contribution >= 4 is 5.97 Å². The van der Waals surface area contributed by atoms with Gasteiger partial charge in [-0.1, -0.05) is 0 Å². The average molecular weight is 285 g/mol. The van der Waals surface area contributed by atoms with Crippen LogP contribution in [0.4, 0.5) is 0 Å². The Balaban J connectivity index is 2.51. The molecule has 1 aliphatic heterocycles. The van der Waals surface area contributed by atoms with Crippen molar-refractivity contribution in [1.29, 1.82) is 0 Å². The molecule has 118 valence electrons. The third kappa shape index (κ3) is 4.43. The van der Waals surface area contributed by atoms with Crippen LogP contribution in [0.1, 0.15) is 26.7 Å². The number of likely N-dealkylation sites (N-methyl/N-ethyl adjacent to an activating group) is 1. The van der Waals surface area contributed by atoms with E-state index in [0.717, 1.165) is 18.9 Å². The first-order valence-corrected chi connectivity index (χ1v) is 7.48. The van der Waals surface area contributed by atoms with Crippen molar-refractivity contribution in [3.8, 4) is 0 Å². The van der Waals surface area contributed by atoms with E-state index in [1.807, 2.05) is 14.0 Å². The predicted molar refractivity (Wildman–Crippen MR) is 81.8 cm³/mol. The minimum absolute atomic E-state index is 0.194. The highest BCUT2D eigenvalue weighted by atomic mass is 16.5. The van der Waals surface area contributed by atoms with Crippen LogP contribution in [0.15, 0.2) is 0 Å². The van der Waals surface area contributed by atoms with Gasteiger partial charge in [0.1, 0.15) is 5.54 Å². The lowest BCUT2D eigenvalue weighted by Gasteiger charge is -2.34. The number of hydrogen-bond donors (Lipinski definition) is 1. The molecule has 1 aliphatic rings. The second-order valence-electron chi connectivity index (χ2n) is 6.48. The van der Waals surface area contributed by atoms with Crippen LogP contribution in [0.3, 0.4) is 0 Å². The van der Waals surface area contributed by atoms with Crippen molar-refractivity contribution in [2.45, 2.75) is 38.3 Å². The number of rotatable bonds is 7. The van der Waals surface area contributed by atoms with Crippen LogP contribution in [-0.2, 0) is 9.53 Å². The van der Waals surface area contributed by atoms with Crippen molar-refractivity contribution in [1.82, 2.24) is 15.1 Å². The van der Waals surface area contributed by atoms with Gasteiger partial charge in [-0.25, -0.2) is 0 Å². The van der Waals surface area contributed by atoms with Crippen molar-refractivity contribution in [3.05, 3.63) is 0 Å². The molecule has 0 radical (unpaired) electrons. The molecule has 0 aromatic carbocycles. The van der Waals surface area contributed by atoms with Crippen LogP contribution < -0.4 is 5.32 Å². The van der Waals surface area contributed by atoms with Crippen molar-refractivity contribution < 1.29 is 9.53 Å². The zero-order valence-corrected chi connectivity index (χ0v) is 13.9. The van der Waals surface area contributed by atoms with Crippen LogP contribution in [0.5, 0.6) is 0 Å². The Morgan fingerprint density at radius 2 is 2.25 bits per heavy atom. The summed E-state index contributed by atoms with van der Waals surface area (Å²) in [6.07, 6.45) is 2.02. The molecule has 3 unspecified atom stereocenters. The van der Waals surface area contributed by atoms with E-state index >= 15 is 0 Å². The fraction of sp³-hybridized carbons (Fsp3) is 0.933. The first-order chi connectivity index (χ1) is 9.32. The molecule has 3 atom stereocenters. The zero-order chi connectivity index (χ0) is 15.3. The summed E-state index contributed by atoms with van der Waals surface area (Å²) < 4.78 is 4.91. The van der Waals surface area contributed by atoms with Crippen LogP contribution >= 0.6 is 0 Å². The standard InChI is InChI=1S/C15H31N3O2/c1-12(9-15(2,16-3)14(19)20-6)18(5)11-13-7-8-17(4)10-13/h12-13,16H,7-11H2,1-6H3. The maximum absolute atomic E-state index is 11.9. The van der Waals surface area contributed by atoms with Crippen molar-refractivity contribution in [2.24, 2.45) is 5.92 Å². The van der Waals surface area contributed by atoms with E-state index in [2.05, 4.69) is 36.1 Å². The molecule has 1 rings (SSSR count). The number of hydrogen-bond acceptors (Lipinski definition) is 5. The highest BCUT2D eigenvalue weighted by Gasteiger charge is 2.35. The van der Waals surface area contributed by atoms with E-state index in [1.165, 1.54) is 26.6 Å². The summed E-state index contributed by atoms with van der Waals surface area (Å²) in [5.41, 5.74) is -0.616. The Labute approximate surface area is 123 Å². The van der Waals surface area contributed by atoms with Gasteiger partial charge in [0.05, 0.1) is 7.11 Å². The largest absolute Gasteiger partial charge is 0.468 e. The highest BCUT2D eigenvalue weighted by Crippen LogP contribution is 2.20. The molecular formula is C15H31N3O2. The molecule has 5 heteroatoms. The SMILES string of the molecule is CNC(C)(CC(C)N(C)CC1CCN(C)C1)C(=O)OC. The Bertz CT molecular complexity index is 324. The van der Waals surface area contributed by atoms with Gasteiger partial charge in [-0.05, 0) is 60.3 Å². The molecule has 0 saturated carbocycles. The molecule has 0 aliphatic carbocycles. The topological polar surface area (TPSA) is 44.8 Å². The van der Waals surface area contributed by atoms with Crippen molar-refractivity contribution in [2.75, 3.05) is 47.9 Å². The molecule has 0 amide bonds. The summed E-state index contributed by atoms with van der Waals surface area (Å²) in [5.74, 6) is 0.548. The number of nitrogens with zero attached hydrogens (tertiary/aromatic N) is 2. The molecule has 1 heterocycles. The van der Waals surface area contributed by atoms with E-state index in [1.54, 1.807) is 0 Å². The van der Waals surface area contributed by atoms with E-state index in [0.29, 0.717) is 6.04 Å². The molecule has 20 heavy (non-hydrogen) atoms. The van der Waals surface area contributed by atoms with Crippen LogP contribution in [0.2, 0.25) is 0 Å². The Morgan fingerprint density at radius 3 is 2.70 bits per heavy atom. The third-order valence-electron chi connectivity index (χ3n) is 4.68. The summed E-state index contributed by atoms with van der Waals surface area (Å²) >= 11 is 0. The van der Waals surface area contributed by atoms with Gasteiger partial charge in [0.15, 0.2) is 0 Å². The summed E-state index contributed by atoms with van der Waals surface area (Å²) in [6.45, 7) is 7.55. The molecule has 0 aromatic heterocycles. The van der Waals surface area contributed by atoms with Crippen LogP contribution in [0, 0.1) is 5.92 Å². The van der Waals surface area contributed by atoms with E-state index < -0.39 is 5.54 Å². The second kappa shape index (κ2) is 7.38. The lowest BCUT2D eigenvalue weighted by Crippen LogP contribution is -2.52. The smallest absolute Gasteiger partial charge is 0.325 e. The minimum Gasteiger partial charge on any atom is -0.468 e. The van der Waals surface area contributed by atoms with Crippen LogP contribution in [-0.4, -0.2) is 75.2 Å². The Morgan fingerprint density at radius 1 is 1.60 bits per heavy atom. The van der Waals surface area contributed by atoms with Gasteiger partial charge < -0.3 is 19.9 Å². The number of carbonyl (C=O) groups is 1. The number of carbonyl (C=O) groups excluding carboxylic acids is 1. The van der Waals surface area contributed by atoms with Gasteiger partial charge >= 0.3 is 5.97 Å². The molecule has 5 nitrogen and oxygen atoms in total. The first-order valence-electron chi connectivity index (χ1n) is 7.48. The number of likely N-dealkylation sites (tertiary alicyclic amines) is 1. The lowest BCUT2D eigenvalue weighted by atomic mass is 9.92. The molecule has 0 aromatic rings. The number of methoxy groups -OCH3 is 1. The molecule has 0 bridgehead atoms. The third-order valence-corrected chi connectivity index (χ3v) is 4.68. The van der Waals surface area contributed by atoms with Gasteiger partial charge in [-0.2, -0.15) is 0 Å². The number of nitrogens with one attached hydrogen (secondary N) is 1. The molecular weight excluding hydrogens is 254 g/mol. The van der Waals surface area contributed by atoms with Gasteiger partial charge in [-0.3, -0.25) is 4.79 Å². The lowest BCUT2D eigenvalue weighted by molar-refractivity contribution is -0.148. The van der Waals surface area contributed by atoms with E-state index in [-0.39, 0.29) is 5.97 Å². The number of ether oxygens (including phenoxy) is 1. The first kappa shape index (κ1) is 17.4. The molecule has 1 N–H and O–H groups in total. The fourth-order valence-corrected chi connectivity index (χ4v) is 3.02. The molecule has 1 saturated heterocycles. The maximum atomic E-state index is 11.9. The number of esters is 1. The fourth-order valence-electron chi connectivity index (χ4n) is 3.02. The second-order valence-corrected chi connectivity index (χ2v) is 6.48. The predicted octanol–water partition coefficient (Wildman–Crippen LogP) is 0.800. The van der Waals surface area contributed by atoms with Gasteiger partial charge in [-0.15, -0.1) is 0 Å². The summed E-state index contributed by atoms with van der Waals surface area (Å²) in [5, 5.41) is 3.11. The van der Waals surface area contributed by atoms with E-state index in [4.69, 9.17) is 4.74 Å². The average Bonchev–Trinajstić information content (AvgIpc) is 2.82. The molecule has 1 fully saturated rings. The van der Waals surface area contributed by atoms with Gasteiger partial charge in [0, 0.05) is 19.1 Å². The Kier molecular flexibility index (Phi) is 6.43. The van der Waals surface area contributed by atoms with Gasteiger partial charge in [0.25, 0.3) is 0 Å². The van der Waals surface area contributed by atoms with E-state index in [9.17, 15) is 4.79 Å². The van der Waals surface area contributed by atoms with Gasteiger partial charge in [0.2, 0.25) is 0 Å². The Hall–Kier alpha value is -0.650. The normalized spacial score (nSPS) is 24.6. The quantitative estimate of drug-likeness (QED) is 0.701. The summed E-state index contributed by atoms with van der Waals surface area (Å²) in [4.78, 5) is 16.6.